The molecule has 0 aromatic heterocycles. The van der Waals surface area contributed by atoms with E-state index >= 15 is 0 Å². The Morgan fingerprint density at radius 3 is 2.29 bits per heavy atom. The van der Waals surface area contributed by atoms with Gasteiger partial charge in [0.2, 0.25) is 0 Å². The average molecular weight is 434 g/mol. The molecule has 0 unspecified atom stereocenters. The van der Waals surface area contributed by atoms with Crippen LogP contribution >= 0.6 is 0 Å². The fourth-order valence-electron chi connectivity index (χ4n) is 3.97. The largest absolute Gasteiger partial charge is 0.508 e. The molecule has 0 bridgehead atoms. The minimum absolute atomic E-state index is 0.0470. The van der Waals surface area contributed by atoms with E-state index in [4.69, 9.17) is 9.47 Å². The zero-order valence-corrected chi connectivity index (χ0v) is 16.1. The van der Waals surface area contributed by atoms with Crippen LogP contribution < -0.4 is 4.74 Å². The van der Waals surface area contributed by atoms with Crippen molar-refractivity contribution in [1.82, 2.24) is 0 Å². The maximum atomic E-state index is 12.8. The summed E-state index contributed by atoms with van der Waals surface area (Å²) in [4.78, 5) is 12.8. The predicted molar refractivity (Wildman–Crippen MR) is 103 cm³/mol. The molecule has 2 aromatic carbocycles. The van der Waals surface area contributed by atoms with Crippen LogP contribution in [0.25, 0.3) is 0 Å². The number of aliphatic hydroxyl groups is 4. The Hall–Kier alpha value is -2.89. The lowest BCUT2D eigenvalue weighted by molar-refractivity contribution is -0.232. The number of carbonyl (C=O) groups is 1. The molecule has 0 radical (unpaired) electrons. The second-order valence-corrected chi connectivity index (χ2v) is 7.61. The van der Waals surface area contributed by atoms with Crippen molar-refractivity contribution in [3.63, 3.8) is 0 Å². The Morgan fingerprint density at radius 2 is 1.65 bits per heavy atom. The maximum absolute atomic E-state index is 12.8. The molecular formula is C21H22O10. The number of aliphatic hydroxyl groups excluding tert-OH is 4. The minimum Gasteiger partial charge on any atom is -0.508 e. The summed E-state index contributed by atoms with van der Waals surface area (Å²) in [6, 6.07) is 7.14. The van der Waals surface area contributed by atoms with Crippen molar-refractivity contribution in [2.24, 2.45) is 0 Å². The zero-order valence-electron chi connectivity index (χ0n) is 16.1. The van der Waals surface area contributed by atoms with Gasteiger partial charge in [-0.15, -0.1) is 0 Å². The van der Waals surface area contributed by atoms with Gasteiger partial charge >= 0.3 is 0 Å². The van der Waals surface area contributed by atoms with Crippen molar-refractivity contribution >= 4 is 5.78 Å². The van der Waals surface area contributed by atoms with Gasteiger partial charge in [0.25, 0.3) is 0 Å². The first kappa shape index (κ1) is 21.3. The van der Waals surface area contributed by atoms with Crippen molar-refractivity contribution in [3.8, 4) is 23.0 Å². The lowest BCUT2D eigenvalue weighted by atomic mass is 9.87. The Labute approximate surface area is 176 Å². The number of hydrogen-bond acceptors (Lipinski definition) is 10. The highest BCUT2D eigenvalue weighted by molar-refractivity contribution is 6.03. The molecule has 31 heavy (non-hydrogen) atoms. The van der Waals surface area contributed by atoms with Crippen molar-refractivity contribution in [2.45, 2.75) is 43.0 Å². The van der Waals surface area contributed by atoms with E-state index in [1.54, 1.807) is 12.1 Å². The number of fused-ring (bicyclic) bond motifs is 1. The van der Waals surface area contributed by atoms with Crippen LogP contribution in [0.3, 0.4) is 0 Å². The Balaban J connectivity index is 1.72. The van der Waals surface area contributed by atoms with E-state index < -0.39 is 60.5 Å². The van der Waals surface area contributed by atoms with Crippen molar-refractivity contribution < 1.29 is 50.0 Å². The van der Waals surface area contributed by atoms with Crippen LogP contribution in [0, 0.1) is 0 Å². The molecule has 2 heterocycles. The molecule has 2 aliphatic rings. The molecule has 0 spiro atoms. The number of phenols is 3. The van der Waals surface area contributed by atoms with E-state index in [-0.39, 0.29) is 29.0 Å². The van der Waals surface area contributed by atoms with Crippen LogP contribution in [0.15, 0.2) is 30.3 Å². The molecule has 2 aliphatic heterocycles. The average Bonchev–Trinajstić information content (AvgIpc) is 2.73. The van der Waals surface area contributed by atoms with Gasteiger partial charge in [0.1, 0.15) is 65.2 Å². The minimum atomic E-state index is -1.75. The van der Waals surface area contributed by atoms with Gasteiger partial charge in [0.05, 0.1) is 18.6 Å². The first-order chi connectivity index (χ1) is 14.7. The van der Waals surface area contributed by atoms with Crippen LogP contribution in [0.1, 0.15) is 40.1 Å². The highest BCUT2D eigenvalue weighted by Crippen LogP contribution is 2.49. The van der Waals surface area contributed by atoms with Crippen LogP contribution in [-0.2, 0) is 4.74 Å². The van der Waals surface area contributed by atoms with Gasteiger partial charge in [0.15, 0.2) is 5.78 Å². The molecule has 0 saturated carbocycles. The summed E-state index contributed by atoms with van der Waals surface area (Å²) in [6.07, 6.45) is -8.72. The van der Waals surface area contributed by atoms with E-state index in [2.05, 4.69) is 0 Å². The molecular weight excluding hydrogens is 412 g/mol. The van der Waals surface area contributed by atoms with Gasteiger partial charge in [-0.3, -0.25) is 4.79 Å². The van der Waals surface area contributed by atoms with Gasteiger partial charge in [0, 0.05) is 6.07 Å². The summed E-state index contributed by atoms with van der Waals surface area (Å²) in [5, 5.41) is 70.4. The second kappa shape index (κ2) is 7.98. The highest BCUT2D eigenvalue weighted by atomic mass is 16.5. The fourth-order valence-corrected chi connectivity index (χ4v) is 3.97. The number of carbonyl (C=O) groups excluding carboxylic acids is 1. The third kappa shape index (κ3) is 3.58. The van der Waals surface area contributed by atoms with Crippen LogP contribution in [0.5, 0.6) is 23.0 Å². The normalized spacial score (nSPS) is 30.5. The van der Waals surface area contributed by atoms with Gasteiger partial charge in [-0.05, 0) is 17.7 Å². The number of aromatic hydroxyl groups is 3. The van der Waals surface area contributed by atoms with Crippen LogP contribution in [-0.4, -0.2) is 72.6 Å². The van der Waals surface area contributed by atoms with Gasteiger partial charge in [-0.25, -0.2) is 0 Å². The third-order valence-corrected chi connectivity index (χ3v) is 5.64. The summed E-state index contributed by atoms with van der Waals surface area (Å²) in [5.41, 5.74) is 0.0178. The molecule has 7 N–H and O–H groups in total. The van der Waals surface area contributed by atoms with Gasteiger partial charge in [-0.2, -0.15) is 0 Å². The Bertz CT molecular complexity index is 987. The van der Waals surface area contributed by atoms with Gasteiger partial charge < -0.3 is 45.2 Å². The van der Waals surface area contributed by atoms with E-state index in [0.29, 0.717) is 5.56 Å². The monoisotopic (exact) mass is 434 g/mol. The number of rotatable bonds is 3. The highest BCUT2D eigenvalue weighted by Gasteiger charge is 2.47. The topological polar surface area (TPSA) is 177 Å². The second-order valence-electron chi connectivity index (χ2n) is 7.61. The Kier molecular flexibility index (Phi) is 5.50. The first-order valence-electron chi connectivity index (χ1n) is 9.61. The third-order valence-electron chi connectivity index (χ3n) is 5.64. The standard InChI is InChI=1S/C21H22O10/c22-7-14-17(26)19(28)20(29)21(31-14)16-11(25)6-13-15(18(16)27)10(24)5-12(30-13)8-1-3-9(23)4-2-8/h1-4,6,12,14,17,19-23,25-29H,5,7H2/t12-,14-,17+,19+,20+,21+/m1/s1. The van der Waals surface area contributed by atoms with Crippen molar-refractivity contribution in [3.05, 3.63) is 47.0 Å². The van der Waals surface area contributed by atoms with Crippen LogP contribution in [0.4, 0.5) is 0 Å². The van der Waals surface area contributed by atoms with Crippen LogP contribution in [0.2, 0.25) is 0 Å². The van der Waals surface area contributed by atoms with Gasteiger partial charge in [-0.1, -0.05) is 12.1 Å². The molecule has 6 atom stereocenters. The molecule has 0 aliphatic carbocycles. The summed E-state index contributed by atoms with van der Waals surface area (Å²) in [6.45, 7) is -0.690. The van der Waals surface area contributed by atoms with Crippen molar-refractivity contribution in [1.29, 1.82) is 0 Å². The quantitative estimate of drug-likeness (QED) is 0.348. The molecule has 4 rings (SSSR count). The fraction of sp³-hybridized carbons (Fsp3) is 0.381. The summed E-state index contributed by atoms with van der Waals surface area (Å²) >= 11 is 0. The molecule has 0 amide bonds. The number of benzene rings is 2. The number of ether oxygens (including phenoxy) is 2. The zero-order chi connectivity index (χ0) is 22.4. The smallest absolute Gasteiger partial charge is 0.174 e. The molecule has 1 saturated heterocycles. The first-order valence-corrected chi connectivity index (χ1v) is 9.61. The molecule has 10 heteroatoms. The van der Waals surface area contributed by atoms with E-state index in [1.165, 1.54) is 12.1 Å². The summed E-state index contributed by atoms with van der Waals surface area (Å²) in [5.74, 6) is -1.79. The number of Topliss-reactive ketones (excluding diaryl/α,β-unsaturated/α-hetero) is 1. The maximum Gasteiger partial charge on any atom is 0.174 e. The molecule has 2 aromatic rings. The number of hydrogen-bond donors (Lipinski definition) is 7. The summed E-state index contributed by atoms with van der Waals surface area (Å²) < 4.78 is 11.2. The lowest BCUT2D eigenvalue weighted by Gasteiger charge is -2.40. The molecule has 1 fully saturated rings. The Morgan fingerprint density at radius 1 is 0.968 bits per heavy atom. The van der Waals surface area contributed by atoms with E-state index in [0.717, 1.165) is 6.07 Å². The lowest BCUT2D eigenvalue weighted by Crippen LogP contribution is -2.55. The van der Waals surface area contributed by atoms with E-state index in [9.17, 15) is 40.5 Å². The molecule has 166 valence electrons. The van der Waals surface area contributed by atoms with E-state index in [1.807, 2.05) is 0 Å². The number of phenolic OH excluding ortho intramolecular Hbond substituents is 3. The summed E-state index contributed by atoms with van der Waals surface area (Å²) in [7, 11) is 0. The molecule has 10 nitrogen and oxygen atoms in total. The number of ketones is 1. The SMILES string of the molecule is O=C1C[C@H](c2ccc(O)cc2)Oc2cc(O)c([C@@H]3O[C@H](CO)[C@H](O)[C@H](O)[C@@H]3O)c(O)c21. The van der Waals surface area contributed by atoms with Crippen molar-refractivity contribution in [2.75, 3.05) is 6.61 Å². The predicted octanol–water partition coefficient (Wildman–Crippen LogP) is 0.0248.